The van der Waals surface area contributed by atoms with E-state index in [4.69, 9.17) is 26.1 Å². The van der Waals surface area contributed by atoms with Crippen molar-refractivity contribution in [2.24, 2.45) is 10.9 Å². The van der Waals surface area contributed by atoms with E-state index in [1.807, 2.05) is 19.2 Å². The van der Waals surface area contributed by atoms with Gasteiger partial charge in [0.25, 0.3) is 0 Å². The molecule has 0 unspecified atom stereocenters. The van der Waals surface area contributed by atoms with E-state index in [1.165, 1.54) is 29.5 Å². The molecular formula is C27H32ClFN4O5S. The van der Waals surface area contributed by atoms with E-state index in [9.17, 15) is 19.1 Å². The summed E-state index contributed by atoms with van der Waals surface area (Å²) in [7, 11) is 0. The first kappa shape index (κ1) is 29.1. The van der Waals surface area contributed by atoms with Gasteiger partial charge in [-0.1, -0.05) is 31.5 Å². The van der Waals surface area contributed by atoms with E-state index in [1.54, 1.807) is 13.1 Å². The summed E-state index contributed by atoms with van der Waals surface area (Å²) < 4.78 is 25.5. The van der Waals surface area contributed by atoms with Crippen LogP contribution < -0.4 is 5.32 Å². The summed E-state index contributed by atoms with van der Waals surface area (Å²) >= 11 is 7.85. The fourth-order valence-electron chi connectivity index (χ4n) is 5.01. The van der Waals surface area contributed by atoms with Gasteiger partial charge in [-0.2, -0.15) is 0 Å². The minimum Gasteiger partial charge on any atom is -0.481 e. The summed E-state index contributed by atoms with van der Waals surface area (Å²) in [6.07, 6.45) is 1.86. The minimum absolute atomic E-state index is 0.00933. The van der Waals surface area contributed by atoms with Gasteiger partial charge in [-0.25, -0.2) is 14.2 Å². The monoisotopic (exact) mass is 578 g/mol. The number of rotatable bonds is 10. The number of aromatic nitrogens is 1. The Kier molecular flexibility index (Phi) is 9.71. The number of carbonyl (C=O) groups excluding carboxylic acids is 1. The predicted molar refractivity (Wildman–Crippen MR) is 146 cm³/mol. The van der Waals surface area contributed by atoms with Crippen LogP contribution >= 0.6 is 22.9 Å². The highest BCUT2D eigenvalue weighted by molar-refractivity contribution is 7.11. The lowest BCUT2D eigenvalue weighted by atomic mass is 9.91. The Bertz CT molecular complexity index is 1250. The number of ether oxygens (including phenoxy) is 2. The standard InChI is InChI=1S/C27H32ClFN4O5S/c1-4-37-27(36)22-19(14-33-10-11-38-24(15(2)3)20(33)7-8-21(34)35)31-25(26-30-9-12-39-26)32-23(22)17-6-5-16(29)13-18(17)28/h5-6,9,12-13,15,20,23-24H,4,7-8,10-11,14H2,1-3H3,(H,31,32)(H,34,35)/t20-,23+,24-/m1/s1. The molecule has 12 heteroatoms. The zero-order valence-electron chi connectivity index (χ0n) is 22.0. The Morgan fingerprint density at radius 1 is 1.38 bits per heavy atom. The number of carboxylic acid groups (broad SMARTS) is 1. The predicted octanol–water partition coefficient (Wildman–Crippen LogP) is 4.43. The van der Waals surface area contributed by atoms with Crippen LogP contribution in [0.4, 0.5) is 4.39 Å². The Morgan fingerprint density at radius 3 is 2.82 bits per heavy atom. The van der Waals surface area contributed by atoms with Crippen molar-refractivity contribution in [3.63, 3.8) is 0 Å². The van der Waals surface area contributed by atoms with Crippen LogP contribution in [0.2, 0.25) is 5.02 Å². The Balaban J connectivity index is 1.81. The molecule has 1 aromatic heterocycles. The van der Waals surface area contributed by atoms with E-state index in [-0.39, 0.29) is 48.2 Å². The third-order valence-electron chi connectivity index (χ3n) is 6.72. The van der Waals surface area contributed by atoms with Crippen molar-refractivity contribution in [3.05, 3.63) is 62.5 Å². The number of hydrogen-bond donors (Lipinski definition) is 2. The van der Waals surface area contributed by atoms with Crippen LogP contribution in [0.3, 0.4) is 0 Å². The van der Waals surface area contributed by atoms with Crippen molar-refractivity contribution in [2.75, 3.05) is 26.3 Å². The molecule has 210 valence electrons. The minimum atomic E-state index is -0.880. The van der Waals surface area contributed by atoms with Gasteiger partial charge in [-0.3, -0.25) is 14.7 Å². The number of halogens is 2. The van der Waals surface area contributed by atoms with Crippen LogP contribution in [0.15, 0.2) is 46.0 Å². The summed E-state index contributed by atoms with van der Waals surface area (Å²) in [6, 6.07) is 2.93. The lowest BCUT2D eigenvalue weighted by Crippen LogP contribution is -2.55. The maximum absolute atomic E-state index is 13.9. The molecule has 4 rings (SSSR count). The lowest BCUT2D eigenvalue weighted by molar-refractivity contribution is -0.139. The third-order valence-corrected chi connectivity index (χ3v) is 7.83. The van der Waals surface area contributed by atoms with Crippen molar-refractivity contribution in [3.8, 4) is 0 Å². The number of aliphatic carboxylic acids is 1. The van der Waals surface area contributed by atoms with Gasteiger partial charge in [0.1, 0.15) is 11.9 Å². The fourth-order valence-corrected chi connectivity index (χ4v) is 5.87. The molecule has 9 nitrogen and oxygen atoms in total. The van der Waals surface area contributed by atoms with E-state index >= 15 is 0 Å². The molecule has 0 saturated carbocycles. The van der Waals surface area contributed by atoms with Crippen LogP contribution in [-0.2, 0) is 19.1 Å². The second-order valence-corrected chi connectivity index (χ2v) is 11.0. The van der Waals surface area contributed by atoms with Gasteiger partial charge < -0.3 is 19.9 Å². The van der Waals surface area contributed by atoms with E-state index < -0.39 is 23.8 Å². The van der Waals surface area contributed by atoms with Crippen molar-refractivity contribution in [1.82, 2.24) is 15.2 Å². The number of nitrogens with zero attached hydrogens (tertiary/aromatic N) is 3. The number of morpholine rings is 1. The Labute approximate surface area is 235 Å². The van der Waals surface area contributed by atoms with Crippen LogP contribution in [0, 0.1) is 11.7 Å². The highest BCUT2D eigenvalue weighted by Crippen LogP contribution is 2.37. The Morgan fingerprint density at radius 2 is 2.18 bits per heavy atom. The first-order valence-corrected chi connectivity index (χ1v) is 14.1. The van der Waals surface area contributed by atoms with Gasteiger partial charge >= 0.3 is 11.9 Å². The quantitative estimate of drug-likeness (QED) is 0.398. The van der Waals surface area contributed by atoms with E-state index in [0.29, 0.717) is 41.7 Å². The van der Waals surface area contributed by atoms with Crippen LogP contribution in [0.5, 0.6) is 0 Å². The molecule has 0 amide bonds. The highest BCUT2D eigenvalue weighted by Gasteiger charge is 2.38. The third kappa shape index (κ3) is 6.84. The number of aliphatic imine (C=N–C) groups is 1. The summed E-state index contributed by atoms with van der Waals surface area (Å²) in [5.41, 5.74) is 1.26. The maximum atomic E-state index is 13.9. The van der Waals surface area contributed by atoms with E-state index in [0.717, 1.165) is 0 Å². The molecule has 0 radical (unpaired) electrons. The molecule has 1 fully saturated rings. The molecular weight excluding hydrogens is 547 g/mol. The number of nitrogens with one attached hydrogen (secondary N) is 1. The smallest absolute Gasteiger partial charge is 0.338 e. The number of thiazole rings is 1. The molecule has 2 aromatic rings. The first-order chi connectivity index (χ1) is 18.7. The van der Waals surface area contributed by atoms with Crippen molar-refractivity contribution >= 4 is 40.7 Å². The largest absolute Gasteiger partial charge is 0.481 e. The summed E-state index contributed by atoms with van der Waals surface area (Å²) in [4.78, 5) is 36.2. The summed E-state index contributed by atoms with van der Waals surface area (Å²) in [5, 5.41) is 15.3. The molecule has 1 aromatic carbocycles. The van der Waals surface area contributed by atoms with Gasteiger partial charge in [-0.15, -0.1) is 11.3 Å². The second-order valence-electron chi connectivity index (χ2n) is 9.67. The lowest BCUT2D eigenvalue weighted by Gasteiger charge is -2.44. The van der Waals surface area contributed by atoms with Gasteiger partial charge in [0.2, 0.25) is 0 Å². The number of amidine groups is 1. The van der Waals surface area contributed by atoms with E-state index in [2.05, 4.69) is 15.2 Å². The molecule has 3 atom stereocenters. The number of benzene rings is 1. The zero-order chi connectivity index (χ0) is 28.1. The average Bonchev–Trinajstić information content (AvgIpc) is 3.42. The number of esters is 1. The molecule has 1 saturated heterocycles. The van der Waals surface area contributed by atoms with Gasteiger partial charge in [0.15, 0.2) is 10.8 Å². The SMILES string of the molecule is CCOC(=O)C1=C(CN2CCO[C@H](C(C)C)[C@H]2CCC(=O)O)NC(c2nccs2)=N[C@H]1c1ccc(F)cc1Cl. The Hall–Kier alpha value is -2.86. The van der Waals surface area contributed by atoms with Gasteiger partial charge in [0.05, 0.1) is 24.9 Å². The van der Waals surface area contributed by atoms with Crippen molar-refractivity contribution < 1.29 is 28.6 Å². The molecule has 2 aliphatic rings. The fraction of sp³-hybridized carbons (Fsp3) is 0.481. The van der Waals surface area contributed by atoms with Gasteiger partial charge in [-0.05, 0) is 31.4 Å². The number of carbonyl (C=O) groups is 2. The summed E-state index contributed by atoms with van der Waals surface area (Å²) in [6.45, 7) is 7.25. The zero-order valence-corrected chi connectivity index (χ0v) is 23.6. The second kappa shape index (κ2) is 13.0. The topological polar surface area (TPSA) is 113 Å². The molecule has 0 aliphatic carbocycles. The van der Waals surface area contributed by atoms with Crippen LogP contribution in [-0.4, -0.2) is 71.2 Å². The molecule has 0 spiro atoms. The van der Waals surface area contributed by atoms with Crippen molar-refractivity contribution in [1.29, 1.82) is 0 Å². The molecule has 0 bridgehead atoms. The van der Waals surface area contributed by atoms with Crippen LogP contribution in [0.25, 0.3) is 0 Å². The summed E-state index contributed by atoms with van der Waals surface area (Å²) in [5.74, 6) is -1.34. The number of carboxylic acids is 1. The van der Waals surface area contributed by atoms with Crippen molar-refractivity contribution in [2.45, 2.75) is 51.8 Å². The molecule has 3 heterocycles. The van der Waals surface area contributed by atoms with Gasteiger partial charge in [0, 0.05) is 53.4 Å². The molecule has 2 N–H and O–H groups in total. The normalized spacial score (nSPS) is 22.0. The highest BCUT2D eigenvalue weighted by atomic mass is 35.5. The van der Waals surface area contributed by atoms with Crippen LogP contribution in [0.1, 0.15) is 50.2 Å². The maximum Gasteiger partial charge on any atom is 0.338 e. The number of hydrogen-bond acceptors (Lipinski definition) is 9. The molecule has 39 heavy (non-hydrogen) atoms. The molecule has 2 aliphatic heterocycles. The first-order valence-electron chi connectivity index (χ1n) is 12.9. The average molecular weight is 579 g/mol.